The van der Waals surface area contributed by atoms with E-state index >= 15 is 0 Å². The Bertz CT molecular complexity index is 342. The Kier molecular flexibility index (Phi) is 6.55. The molecule has 0 aliphatic heterocycles. The van der Waals surface area contributed by atoms with Gasteiger partial charge in [-0.05, 0) is 31.9 Å². The van der Waals surface area contributed by atoms with Crippen molar-refractivity contribution >= 4 is 15.9 Å². The van der Waals surface area contributed by atoms with Gasteiger partial charge in [0.1, 0.15) is 5.75 Å². The number of hydrogen-bond donors (Lipinski definition) is 1. The summed E-state index contributed by atoms with van der Waals surface area (Å²) in [6.45, 7) is 3.43. The second-order valence-electron chi connectivity index (χ2n) is 4.02. The Morgan fingerprint density at radius 2 is 2.00 bits per heavy atom. The van der Waals surface area contributed by atoms with Gasteiger partial charge in [0.05, 0.1) is 6.61 Å². The average Bonchev–Trinajstić information content (AvgIpc) is 2.28. The predicted octanol–water partition coefficient (Wildman–Crippen LogP) is 3.27. The van der Waals surface area contributed by atoms with E-state index in [1.807, 2.05) is 25.1 Å². The topological polar surface area (TPSA) is 44.5 Å². The van der Waals surface area contributed by atoms with Crippen molar-refractivity contribution in [1.82, 2.24) is 0 Å². The normalized spacial score (nSPS) is 12.5. The van der Waals surface area contributed by atoms with E-state index in [0.29, 0.717) is 6.61 Å². The highest BCUT2D eigenvalue weighted by Crippen LogP contribution is 2.27. The molecule has 0 spiro atoms. The van der Waals surface area contributed by atoms with Gasteiger partial charge in [0.2, 0.25) is 0 Å². The molecule has 0 heterocycles. The highest BCUT2D eigenvalue weighted by molar-refractivity contribution is 9.10. The number of hydrogen-bond acceptors (Lipinski definition) is 3. The number of ether oxygens (including phenoxy) is 2. The number of benzene rings is 1. The summed E-state index contributed by atoms with van der Waals surface area (Å²) < 4.78 is 11.8. The van der Waals surface area contributed by atoms with Crippen LogP contribution in [0.3, 0.4) is 0 Å². The third kappa shape index (κ3) is 5.06. The summed E-state index contributed by atoms with van der Waals surface area (Å²) >= 11 is 3.44. The van der Waals surface area contributed by atoms with Crippen molar-refractivity contribution in [3.05, 3.63) is 28.2 Å². The van der Waals surface area contributed by atoms with Gasteiger partial charge in [0, 0.05) is 29.8 Å². The summed E-state index contributed by atoms with van der Waals surface area (Å²) in [5.74, 6) is 0.867. The maximum Gasteiger partial charge on any atom is 0.125 e. The first-order chi connectivity index (χ1) is 8.15. The van der Waals surface area contributed by atoms with E-state index in [1.54, 1.807) is 7.11 Å². The Hall–Kier alpha value is -0.580. The van der Waals surface area contributed by atoms with Crippen LogP contribution in [0.4, 0.5) is 0 Å². The molecule has 96 valence electrons. The molecular weight excluding hydrogens is 282 g/mol. The van der Waals surface area contributed by atoms with E-state index in [9.17, 15) is 0 Å². The van der Waals surface area contributed by atoms with Crippen molar-refractivity contribution in [3.8, 4) is 5.75 Å². The monoisotopic (exact) mass is 301 g/mol. The fourth-order valence-electron chi connectivity index (χ4n) is 1.54. The number of unbranched alkanes of at least 4 members (excludes halogenated alkanes) is 1. The minimum Gasteiger partial charge on any atom is -0.493 e. The minimum absolute atomic E-state index is 0.0166. The SMILES string of the molecule is COCCCCOc1cc(Br)ccc1C(C)N. The molecule has 1 unspecified atom stereocenters. The molecule has 1 atom stereocenters. The first kappa shape index (κ1) is 14.5. The summed E-state index contributed by atoms with van der Waals surface area (Å²) in [4.78, 5) is 0. The molecule has 17 heavy (non-hydrogen) atoms. The zero-order valence-corrected chi connectivity index (χ0v) is 12.0. The Labute approximate surface area is 111 Å². The molecule has 0 aromatic heterocycles. The molecule has 0 amide bonds. The summed E-state index contributed by atoms with van der Waals surface area (Å²) in [5, 5.41) is 0. The lowest BCUT2D eigenvalue weighted by molar-refractivity contribution is 0.184. The van der Waals surface area contributed by atoms with Gasteiger partial charge in [-0.1, -0.05) is 22.0 Å². The zero-order valence-electron chi connectivity index (χ0n) is 10.4. The molecule has 2 N–H and O–H groups in total. The molecule has 0 fully saturated rings. The third-order valence-corrected chi connectivity index (χ3v) is 2.96. The van der Waals surface area contributed by atoms with Crippen LogP contribution in [0.2, 0.25) is 0 Å². The van der Waals surface area contributed by atoms with Crippen LogP contribution in [-0.2, 0) is 4.74 Å². The van der Waals surface area contributed by atoms with Crippen molar-refractivity contribution in [2.45, 2.75) is 25.8 Å². The maximum atomic E-state index is 5.90. The van der Waals surface area contributed by atoms with Crippen LogP contribution in [0, 0.1) is 0 Å². The van der Waals surface area contributed by atoms with E-state index < -0.39 is 0 Å². The average molecular weight is 302 g/mol. The quantitative estimate of drug-likeness (QED) is 0.786. The Balaban J connectivity index is 2.53. The molecule has 0 bridgehead atoms. The molecule has 0 aliphatic rings. The predicted molar refractivity (Wildman–Crippen MR) is 73.3 cm³/mol. The molecule has 4 heteroatoms. The van der Waals surface area contributed by atoms with E-state index in [0.717, 1.165) is 35.2 Å². The molecule has 1 aromatic rings. The molecule has 3 nitrogen and oxygen atoms in total. The lowest BCUT2D eigenvalue weighted by atomic mass is 10.1. The molecule has 0 aliphatic carbocycles. The molecule has 1 rings (SSSR count). The van der Waals surface area contributed by atoms with Crippen molar-refractivity contribution in [1.29, 1.82) is 0 Å². The van der Waals surface area contributed by atoms with E-state index in [2.05, 4.69) is 15.9 Å². The summed E-state index contributed by atoms with van der Waals surface area (Å²) in [7, 11) is 1.71. The van der Waals surface area contributed by atoms with Gasteiger partial charge in [0.15, 0.2) is 0 Å². The van der Waals surface area contributed by atoms with Gasteiger partial charge in [0.25, 0.3) is 0 Å². The molecule has 0 saturated heterocycles. The summed E-state index contributed by atoms with van der Waals surface area (Å²) in [5.41, 5.74) is 6.94. The standard InChI is InChI=1S/C13H20BrNO2/c1-10(15)12-6-5-11(14)9-13(12)17-8-4-3-7-16-2/h5-6,9-10H,3-4,7-8,15H2,1-2H3. The Morgan fingerprint density at radius 3 is 2.65 bits per heavy atom. The van der Waals surface area contributed by atoms with E-state index in [1.165, 1.54) is 0 Å². The highest BCUT2D eigenvalue weighted by Gasteiger charge is 2.08. The van der Waals surface area contributed by atoms with Crippen molar-refractivity contribution < 1.29 is 9.47 Å². The van der Waals surface area contributed by atoms with Crippen LogP contribution in [0.25, 0.3) is 0 Å². The van der Waals surface area contributed by atoms with Crippen LogP contribution < -0.4 is 10.5 Å². The molecule has 0 saturated carbocycles. The molecular formula is C13H20BrNO2. The highest BCUT2D eigenvalue weighted by atomic mass is 79.9. The lowest BCUT2D eigenvalue weighted by Crippen LogP contribution is -2.09. The number of halogens is 1. The Morgan fingerprint density at radius 1 is 1.29 bits per heavy atom. The first-order valence-electron chi connectivity index (χ1n) is 5.82. The third-order valence-electron chi connectivity index (χ3n) is 2.47. The van der Waals surface area contributed by atoms with Crippen LogP contribution in [-0.4, -0.2) is 20.3 Å². The second-order valence-corrected chi connectivity index (χ2v) is 4.93. The summed E-state index contributed by atoms with van der Waals surface area (Å²) in [6, 6.07) is 5.93. The minimum atomic E-state index is -0.0166. The fourth-order valence-corrected chi connectivity index (χ4v) is 1.88. The van der Waals surface area contributed by atoms with Crippen molar-refractivity contribution in [3.63, 3.8) is 0 Å². The van der Waals surface area contributed by atoms with Crippen LogP contribution >= 0.6 is 15.9 Å². The zero-order chi connectivity index (χ0) is 12.7. The van der Waals surface area contributed by atoms with Gasteiger partial charge in [-0.3, -0.25) is 0 Å². The number of nitrogens with two attached hydrogens (primary N) is 1. The molecule has 0 radical (unpaired) electrons. The summed E-state index contributed by atoms with van der Waals surface area (Å²) in [6.07, 6.45) is 2.00. The maximum absolute atomic E-state index is 5.90. The number of methoxy groups -OCH3 is 1. The molecule has 1 aromatic carbocycles. The second kappa shape index (κ2) is 7.69. The van der Waals surface area contributed by atoms with E-state index in [-0.39, 0.29) is 6.04 Å². The van der Waals surface area contributed by atoms with Gasteiger partial charge in [-0.25, -0.2) is 0 Å². The van der Waals surface area contributed by atoms with Gasteiger partial charge in [-0.2, -0.15) is 0 Å². The fraction of sp³-hybridized carbons (Fsp3) is 0.538. The van der Waals surface area contributed by atoms with Crippen LogP contribution in [0.1, 0.15) is 31.4 Å². The van der Waals surface area contributed by atoms with Crippen molar-refractivity contribution in [2.24, 2.45) is 5.73 Å². The van der Waals surface area contributed by atoms with Gasteiger partial charge in [-0.15, -0.1) is 0 Å². The largest absolute Gasteiger partial charge is 0.493 e. The smallest absolute Gasteiger partial charge is 0.125 e. The van der Waals surface area contributed by atoms with Crippen molar-refractivity contribution in [2.75, 3.05) is 20.3 Å². The van der Waals surface area contributed by atoms with E-state index in [4.69, 9.17) is 15.2 Å². The number of rotatable bonds is 7. The lowest BCUT2D eigenvalue weighted by Gasteiger charge is -2.14. The van der Waals surface area contributed by atoms with Gasteiger partial charge >= 0.3 is 0 Å². The van der Waals surface area contributed by atoms with Gasteiger partial charge < -0.3 is 15.2 Å². The first-order valence-corrected chi connectivity index (χ1v) is 6.61. The van der Waals surface area contributed by atoms with Crippen LogP contribution in [0.5, 0.6) is 5.75 Å². The van der Waals surface area contributed by atoms with Crippen LogP contribution in [0.15, 0.2) is 22.7 Å².